The van der Waals surface area contributed by atoms with E-state index in [0.717, 1.165) is 17.7 Å². The van der Waals surface area contributed by atoms with Gasteiger partial charge in [0.05, 0.1) is 5.56 Å². The smallest absolute Gasteiger partial charge is 0.335 e. The third-order valence-electron chi connectivity index (χ3n) is 2.44. The third-order valence-corrected chi connectivity index (χ3v) is 2.44. The molecular formula is C11H13NO3. The number of carboxylic acids is 1. The Bertz CT molecular complexity index is 389. The van der Waals surface area contributed by atoms with E-state index < -0.39 is 5.97 Å². The Balaban J connectivity index is 2.20. The Labute approximate surface area is 87.9 Å². The molecule has 1 aromatic rings. The van der Waals surface area contributed by atoms with Crippen molar-refractivity contribution in [3.63, 3.8) is 0 Å². The quantitative estimate of drug-likeness (QED) is 0.792. The maximum atomic E-state index is 10.8. The van der Waals surface area contributed by atoms with Gasteiger partial charge in [0, 0.05) is 18.7 Å². The zero-order chi connectivity index (χ0) is 10.8. The number of carbonyl (C=O) groups is 1. The largest absolute Gasteiger partial charge is 0.478 e. The minimum Gasteiger partial charge on any atom is -0.478 e. The molecule has 2 rings (SSSR count). The van der Waals surface area contributed by atoms with Crippen molar-refractivity contribution >= 4 is 11.7 Å². The van der Waals surface area contributed by atoms with Crippen LogP contribution in [0.1, 0.15) is 22.8 Å². The maximum Gasteiger partial charge on any atom is 0.335 e. The van der Waals surface area contributed by atoms with E-state index in [4.69, 9.17) is 9.84 Å². The highest BCUT2D eigenvalue weighted by molar-refractivity contribution is 5.88. The van der Waals surface area contributed by atoms with Crippen LogP contribution in [0.5, 0.6) is 0 Å². The van der Waals surface area contributed by atoms with Crippen LogP contribution in [-0.2, 0) is 11.2 Å². The molecule has 1 atom stereocenters. The summed E-state index contributed by atoms with van der Waals surface area (Å²) in [4.78, 5) is 10.8. The fraction of sp³-hybridized carbons (Fsp3) is 0.364. The van der Waals surface area contributed by atoms with Crippen LogP contribution < -0.4 is 5.32 Å². The van der Waals surface area contributed by atoms with Crippen LogP contribution in [0.2, 0.25) is 0 Å². The number of hydrogen-bond donors (Lipinski definition) is 2. The predicted molar refractivity (Wildman–Crippen MR) is 56.1 cm³/mol. The van der Waals surface area contributed by atoms with Gasteiger partial charge in [-0.1, -0.05) is 0 Å². The minimum atomic E-state index is -0.891. The zero-order valence-electron chi connectivity index (χ0n) is 8.49. The van der Waals surface area contributed by atoms with Gasteiger partial charge >= 0.3 is 5.97 Å². The number of fused-ring (bicyclic) bond motifs is 1. The lowest BCUT2D eigenvalue weighted by molar-refractivity contribution is 0.0696. The molecule has 0 aliphatic carbocycles. The molecule has 4 heteroatoms. The van der Waals surface area contributed by atoms with E-state index in [1.165, 1.54) is 0 Å². The molecule has 0 saturated heterocycles. The number of aromatic carboxylic acids is 1. The lowest BCUT2D eigenvalue weighted by Crippen LogP contribution is -2.19. The number of hydrogen-bond acceptors (Lipinski definition) is 3. The highest BCUT2D eigenvalue weighted by atomic mass is 16.5. The molecule has 1 aliphatic heterocycles. The van der Waals surface area contributed by atoms with Gasteiger partial charge in [0.25, 0.3) is 0 Å². The molecule has 1 aliphatic rings. The van der Waals surface area contributed by atoms with Gasteiger partial charge in [0.15, 0.2) is 0 Å². The normalized spacial score (nSPS) is 18.3. The van der Waals surface area contributed by atoms with Crippen molar-refractivity contribution in [3.05, 3.63) is 29.3 Å². The number of ether oxygens (including phenoxy) is 1. The van der Waals surface area contributed by atoms with E-state index in [1.807, 2.05) is 6.92 Å². The van der Waals surface area contributed by atoms with Crippen LogP contribution in [-0.4, -0.2) is 23.9 Å². The Kier molecular flexibility index (Phi) is 2.60. The molecule has 0 radical (unpaired) electrons. The molecule has 0 amide bonds. The highest BCUT2D eigenvalue weighted by Gasteiger charge is 2.21. The van der Waals surface area contributed by atoms with Gasteiger partial charge in [0.1, 0.15) is 6.23 Å². The first-order chi connectivity index (χ1) is 7.20. The number of anilines is 1. The third kappa shape index (κ3) is 1.94. The molecule has 0 saturated carbocycles. The molecule has 0 spiro atoms. The van der Waals surface area contributed by atoms with Crippen molar-refractivity contribution in [2.24, 2.45) is 0 Å². The maximum absolute atomic E-state index is 10.8. The van der Waals surface area contributed by atoms with Gasteiger partial charge in [-0.2, -0.15) is 0 Å². The van der Waals surface area contributed by atoms with Crippen LogP contribution >= 0.6 is 0 Å². The summed E-state index contributed by atoms with van der Waals surface area (Å²) in [6.45, 7) is 2.59. The summed E-state index contributed by atoms with van der Waals surface area (Å²) in [7, 11) is 0. The van der Waals surface area contributed by atoms with E-state index in [1.54, 1.807) is 18.2 Å². The van der Waals surface area contributed by atoms with Crippen molar-refractivity contribution in [2.45, 2.75) is 19.6 Å². The van der Waals surface area contributed by atoms with Gasteiger partial charge in [-0.25, -0.2) is 4.79 Å². The van der Waals surface area contributed by atoms with E-state index in [2.05, 4.69) is 5.32 Å². The van der Waals surface area contributed by atoms with Crippen LogP contribution in [0.25, 0.3) is 0 Å². The average molecular weight is 207 g/mol. The molecule has 15 heavy (non-hydrogen) atoms. The zero-order valence-corrected chi connectivity index (χ0v) is 8.49. The predicted octanol–water partition coefficient (Wildman–Crippen LogP) is 1.72. The fourth-order valence-corrected chi connectivity index (χ4v) is 1.76. The SMILES string of the molecule is CCOC1Cc2cc(C(=O)O)ccc2N1. The van der Waals surface area contributed by atoms with Crippen LogP contribution in [0.3, 0.4) is 0 Å². The standard InChI is InChI=1S/C11H13NO3/c1-2-15-10-6-8-5-7(11(13)14)3-4-9(8)12-10/h3-5,10,12H,2,6H2,1H3,(H,13,14). The monoisotopic (exact) mass is 207 g/mol. The second-order valence-electron chi connectivity index (χ2n) is 3.47. The minimum absolute atomic E-state index is 0.0194. The molecule has 1 unspecified atom stereocenters. The topological polar surface area (TPSA) is 58.6 Å². The summed E-state index contributed by atoms with van der Waals surface area (Å²) in [5.41, 5.74) is 2.31. The van der Waals surface area contributed by atoms with Gasteiger partial charge in [-0.15, -0.1) is 0 Å². The molecule has 0 bridgehead atoms. The summed E-state index contributed by atoms with van der Waals surface area (Å²) in [6.07, 6.45) is 0.707. The van der Waals surface area contributed by atoms with Crippen LogP contribution in [0, 0.1) is 0 Å². The van der Waals surface area contributed by atoms with E-state index in [-0.39, 0.29) is 6.23 Å². The van der Waals surface area contributed by atoms with E-state index in [9.17, 15) is 4.79 Å². The molecule has 0 aromatic heterocycles. The van der Waals surface area contributed by atoms with Crippen LogP contribution in [0.15, 0.2) is 18.2 Å². The summed E-state index contributed by atoms with van der Waals surface area (Å²) in [5, 5.41) is 12.0. The Morgan fingerprint density at radius 1 is 1.67 bits per heavy atom. The second-order valence-corrected chi connectivity index (χ2v) is 3.47. The van der Waals surface area contributed by atoms with Crippen molar-refractivity contribution in [1.29, 1.82) is 0 Å². The molecular weight excluding hydrogens is 194 g/mol. The van der Waals surface area contributed by atoms with Crippen molar-refractivity contribution in [3.8, 4) is 0 Å². The number of carboxylic acid groups (broad SMARTS) is 1. The lowest BCUT2D eigenvalue weighted by atomic mass is 10.1. The summed E-state index contributed by atoms with van der Waals surface area (Å²) < 4.78 is 5.43. The molecule has 4 nitrogen and oxygen atoms in total. The second kappa shape index (κ2) is 3.90. The Hall–Kier alpha value is -1.55. The van der Waals surface area contributed by atoms with Crippen molar-refractivity contribution < 1.29 is 14.6 Å². The molecule has 0 fully saturated rings. The van der Waals surface area contributed by atoms with E-state index in [0.29, 0.717) is 12.2 Å². The highest BCUT2D eigenvalue weighted by Crippen LogP contribution is 2.27. The fourth-order valence-electron chi connectivity index (χ4n) is 1.76. The number of benzene rings is 1. The molecule has 1 aromatic carbocycles. The van der Waals surface area contributed by atoms with E-state index >= 15 is 0 Å². The first-order valence-corrected chi connectivity index (χ1v) is 4.95. The average Bonchev–Trinajstić information content (AvgIpc) is 2.59. The summed E-state index contributed by atoms with van der Waals surface area (Å²) >= 11 is 0. The van der Waals surface area contributed by atoms with Gasteiger partial charge in [-0.3, -0.25) is 0 Å². The first-order valence-electron chi connectivity index (χ1n) is 4.95. The molecule has 1 heterocycles. The summed E-state index contributed by atoms with van der Waals surface area (Å²) in [6, 6.07) is 5.09. The summed E-state index contributed by atoms with van der Waals surface area (Å²) in [5.74, 6) is -0.891. The molecule has 2 N–H and O–H groups in total. The van der Waals surface area contributed by atoms with Gasteiger partial charge in [0.2, 0.25) is 0 Å². The van der Waals surface area contributed by atoms with Crippen molar-refractivity contribution in [1.82, 2.24) is 0 Å². The van der Waals surface area contributed by atoms with Crippen LogP contribution in [0.4, 0.5) is 5.69 Å². The lowest BCUT2D eigenvalue weighted by Gasteiger charge is -2.09. The van der Waals surface area contributed by atoms with Crippen molar-refractivity contribution in [2.75, 3.05) is 11.9 Å². The first kappa shape index (κ1) is 9.98. The number of nitrogens with one attached hydrogen (secondary N) is 1. The van der Waals surface area contributed by atoms with Gasteiger partial charge in [-0.05, 0) is 30.7 Å². The molecule has 80 valence electrons. The Morgan fingerprint density at radius 2 is 2.47 bits per heavy atom. The Morgan fingerprint density at radius 3 is 3.13 bits per heavy atom. The van der Waals surface area contributed by atoms with Gasteiger partial charge < -0.3 is 15.2 Å². The number of rotatable bonds is 3.